The predicted molar refractivity (Wildman–Crippen MR) is 133 cm³/mol. The number of ether oxygens (including phenoxy) is 1. The molecule has 0 spiro atoms. The molecular formula is C28H24N4O3. The van der Waals surface area contributed by atoms with Crippen molar-refractivity contribution >= 4 is 28.6 Å². The number of carbonyl (C=O) groups is 2. The van der Waals surface area contributed by atoms with E-state index >= 15 is 0 Å². The number of piperazine rings is 1. The van der Waals surface area contributed by atoms with E-state index in [1.54, 1.807) is 22.2 Å². The third kappa shape index (κ3) is 3.47. The summed E-state index contributed by atoms with van der Waals surface area (Å²) >= 11 is 0. The van der Waals surface area contributed by atoms with Crippen LogP contribution in [0.5, 0.6) is 0 Å². The normalized spacial score (nSPS) is 18.7. The first-order valence-corrected chi connectivity index (χ1v) is 11.7. The van der Waals surface area contributed by atoms with Gasteiger partial charge in [-0.05, 0) is 12.1 Å². The van der Waals surface area contributed by atoms with Crippen LogP contribution in [0, 0.1) is 0 Å². The molecule has 0 bridgehead atoms. The van der Waals surface area contributed by atoms with Crippen LogP contribution in [0.25, 0.3) is 10.8 Å². The first-order chi connectivity index (χ1) is 17.2. The molecule has 1 aromatic heterocycles. The number of anilines is 1. The molecule has 2 aliphatic rings. The van der Waals surface area contributed by atoms with E-state index in [-0.39, 0.29) is 18.2 Å². The highest BCUT2D eigenvalue weighted by Crippen LogP contribution is 2.45. The van der Waals surface area contributed by atoms with Gasteiger partial charge >= 0.3 is 12.1 Å². The van der Waals surface area contributed by atoms with Crippen LogP contribution >= 0.6 is 0 Å². The van der Waals surface area contributed by atoms with Crippen molar-refractivity contribution in [1.82, 2.24) is 14.8 Å². The highest BCUT2D eigenvalue weighted by atomic mass is 16.6. The largest absolute Gasteiger partial charge is 0.431 e. The standard InChI is InChI=1S/C28H24N4O3/c33-26(30-24-13-7-8-20-18-29-15-14-23(20)24)31-16-17-32-25(19-31)28(35-27(32)34,21-9-3-1-4-10-21)22-11-5-2-6-12-22/h1-15,18,25H,16-17,19H2,(H,30,33). The van der Waals surface area contributed by atoms with Crippen molar-refractivity contribution in [2.24, 2.45) is 0 Å². The first kappa shape index (κ1) is 21.2. The summed E-state index contributed by atoms with van der Waals surface area (Å²) in [5.41, 5.74) is 1.49. The fourth-order valence-electron chi connectivity index (χ4n) is 5.26. The molecule has 0 aliphatic carbocycles. The lowest BCUT2D eigenvalue weighted by Gasteiger charge is -2.42. The summed E-state index contributed by atoms with van der Waals surface area (Å²) in [5, 5.41) is 4.95. The van der Waals surface area contributed by atoms with Gasteiger partial charge in [-0.25, -0.2) is 9.59 Å². The maximum absolute atomic E-state index is 13.4. The van der Waals surface area contributed by atoms with E-state index in [1.807, 2.05) is 84.9 Å². The van der Waals surface area contributed by atoms with E-state index in [1.165, 1.54) is 0 Å². The highest BCUT2D eigenvalue weighted by molar-refractivity contribution is 6.01. The SMILES string of the molecule is O=C(Nc1cccc2cnccc12)N1CCN2C(=O)OC(c3ccccc3)(c3ccccc3)C2C1. The maximum atomic E-state index is 13.4. The minimum atomic E-state index is -1.01. The van der Waals surface area contributed by atoms with Crippen molar-refractivity contribution in [2.45, 2.75) is 11.6 Å². The first-order valence-electron chi connectivity index (χ1n) is 11.7. The average Bonchev–Trinajstić information content (AvgIpc) is 3.22. The van der Waals surface area contributed by atoms with Crippen LogP contribution < -0.4 is 5.32 Å². The van der Waals surface area contributed by atoms with E-state index < -0.39 is 5.60 Å². The van der Waals surface area contributed by atoms with Gasteiger partial charge in [0.15, 0.2) is 5.60 Å². The quantitative estimate of drug-likeness (QED) is 0.471. The number of pyridine rings is 1. The molecule has 7 nitrogen and oxygen atoms in total. The molecule has 3 aromatic carbocycles. The van der Waals surface area contributed by atoms with Crippen LogP contribution in [0.15, 0.2) is 97.3 Å². The Hall–Kier alpha value is -4.39. The summed E-state index contributed by atoms with van der Waals surface area (Å²) in [4.78, 5) is 34.2. The Labute approximate surface area is 202 Å². The number of amides is 3. The van der Waals surface area contributed by atoms with Gasteiger partial charge in [-0.15, -0.1) is 0 Å². The molecule has 0 saturated carbocycles. The summed E-state index contributed by atoms with van der Waals surface area (Å²) in [6.45, 7) is 1.16. The summed E-state index contributed by atoms with van der Waals surface area (Å²) in [5.74, 6) is 0. The van der Waals surface area contributed by atoms with Crippen molar-refractivity contribution < 1.29 is 14.3 Å². The molecule has 1 atom stereocenters. The van der Waals surface area contributed by atoms with E-state index in [9.17, 15) is 9.59 Å². The summed E-state index contributed by atoms with van der Waals surface area (Å²) in [7, 11) is 0. The summed E-state index contributed by atoms with van der Waals surface area (Å²) < 4.78 is 6.19. The van der Waals surface area contributed by atoms with Crippen molar-refractivity contribution in [3.63, 3.8) is 0 Å². The number of nitrogens with one attached hydrogen (secondary N) is 1. The number of fused-ring (bicyclic) bond motifs is 2. The zero-order valence-corrected chi connectivity index (χ0v) is 19.0. The Morgan fingerprint density at radius 3 is 2.34 bits per heavy atom. The Morgan fingerprint density at radius 2 is 1.63 bits per heavy atom. The fourth-order valence-corrected chi connectivity index (χ4v) is 5.26. The van der Waals surface area contributed by atoms with E-state index in [0.717, 1.165) is 27.6 Å². The number of urea groups is 1. The van der Waals surface area contributed by atoms with E-state index in [4.69, 9.17) is 4.74 Å². The lowest BCUT2D eigenvalue weighted by Crippen LogP contribution is -2.59. The van der Waals surface area contributed by atoms with E-state index in [0.29, 0.717) is 19.6 Å². The van der Waals surface area contributed by atoms with Crippen molar-refractivity contribution in [2.75, 3.05) is 25.0 Å². The topological polar surface area (TPSA) is 74.8 Å². The van der Waals surface area contributed by atoms with Crippen LogP contribution in [-0.2, 0) is 10.3 Å². The third-order valence-electron chi connectivity index (χ3n) is 6.95. The lowest BCUT2D eigenvalue weighted by atomic mass is 9.79. The number of carbonyl (C=O) groups excluding carboxylic acids is 2. The van der Waals surface area contributed by atoms with Gasteiger partial charge in [-0.2, -0.15) is 0 Å². The molecule has 2 saturated heterocycles. The third-order valence-corrected chi connectivity index (χ3v) is 6.95. The monoisotopic (exact) mass is 464 g/mol. The molecule has 2 fully saturated rings. The molecule has 2 aliphatic heterocycles. The number of hydrogen-bond donors (Lipinski definition) is 1. The van der Waals surface area contributed by atoms with Crippen LogP contribution in [-0.4, -0.2) is 52.6 Å². The van der Waals surface area contributed by atoms with Crippen molar-refractivity contribution in [3.05, 3.63) is 108 Å². The Bertz CT molecular complexity index is 1350. The lowest BCUT2D eigenvalue weighted by molar-refractivity contribution is 0.0525. The van der Waals surface area contributed by atoms with Crippen molar-refractivity contribution in [1.29, 1.82) is 0 Å². The molecule has 4 aromatic rings. The Kier molecular flexibility index (Phi) is 5.10. The van der Waals surface area contributed by atoms with Gasteiger partial charge in [-0.3, -0.25) is 9.88 Å². The number of aromatic nitrogens is 1. The Morgan fingerprint density at radius 1 is 0.914 bits per heavy atom. The highest BCUT2D eigenvalue weighted by Gasteiger charge is 2.58. The van der Waals surface area contributed by atoms with Gasteiger partial charge in [0, 0.05) is 53.9 Å². The molecule has 3 amide bonds. The van der Waals surface area contributed by atoms with Gasteiger partial charge in [0.2, 0.25) is 0 Å². The van der Waals surface area contributed by atoms with Crippen LogP contribution in [0.1, 0.15) is 11.1 Å². The fraction of sp³-hybridized carbons (Fsp3) is 0.179. The molecule has 3 heterocycles. The number of benzene rings is 3. The molecule has 1 N–H and O–H groups in total. The zero-order chi connectivity index (χ0) is 23.8. The van der Waals surface area contributed by atoms with Crippen LogP contribution in [0.4, 0.5) is 15.3 Å². The second kappa shape index (κ2) is 8.43. The van der Waals surface area contributed by atoms with Gasteiger partial charge in [-0.1, -0.05) is 72.8 Å². The molecule has 35 heavy (non-hydrogen) atoms. The second-order valence-corrected chi connectivity index (χ2v) is 8.82. The number of hydrogen-bond acceptors (Lipinski definition) is 4. The number of nitrogens with zero attached hydrogens (tertiary/aromatic N) is 3. The maximum Gasteiger partial charge on any atom is 0.411 e. The van der Waals surface area contributed by atoms with Crippen LogP contribution in [0.2, 0.25) is 0 Å². The second-order valence-electron chi connectivity index (χ2n) is 8.82. The zero-order valence-electron chi connectivity index (χ0n) is 19.0. The minimum Gasteiger partial charge on any atom is -0.431 e. The summed E-state index contributed by atoms with van der Waals surface area (Å²) in [6.07, 6.45) is 3.13. The van der Waals surface area contributed by atoms with Gasteiger partial charge in [0.05, 0.1) is 5.69 Å². The molecule has 174 valence electrons. The molecule has 6 rings (SSSR count). The van der Waals surface area contributed by atoms with Crippen molar-refractivity contribution in [3.8, 4) is 0 Å². The van der Waals surface area contributed by atoms with Crippen LogP contribution in [0.3, 0.4) is 0 Å². The number of rotatable bonds is 3. The Balaban J connectivity index is 1.35. The average molecular weight is 465 g/mol. The van der Waals surface area contributed by atoms with Gasteiger partial charge in [0.25, 0.3) is 0 Å². The molecule has 7 heteroatoms. The predicted octanol–water partition coefficient (Wildman–Crippen LogP) is 4.85. The van der Waals surface area contributed by atoms with Gasteiger partial charge in [0.1, 0.15) is 6.04 Å². The molecule has 0 radical (unpaired) electrons. The molecular weight excluding hydrogens is 440 g/mol. The minimum absolute atomic E-state index is 0.205. The van der Waals surface area contributed by atoms with Gasteiger partial charge < -0.3 is 15.0 Å². The summed E-state index contributed by atoms with van der Waals surface area (Å²) in [6, 6.07) is 26.6. The number of cyclic esters (lactones) is 1. The smallest absolute Gasteiger partial charge is 0.411 e. The van der Waals surface area contributed by atoms with E-state index in [2.05, 4.69) is 10.3 Å². The molecule has 1 unspecified atom stereocenters.